The maximum atomic E-state index is 13.7. The second-order valence-corrected chi connectivity index (χ2v) is 12.0. The fourth-order valence-electron chi connectivity index (χ4n) is 3.74. The fourth-order valence-corrected chi connectivity index (χ4v) is 5.06. The number of hydrogen-bond donors (Lipinski definition) is 1. The van der Waals surface area contributed by atoms with Gasteiger partial charge in [0.2, 0.25) is 21.8 Å². The first-order chi connectivity index (χ1) is 17.6. The van der Waals surface area contributed by atoms with Crippen molar-refractivity contribution in [3.63, 3.8) is 0 Å². The number of nitrogens with one attached hydrogen (secondary N) is 1. The molecule has 0 saturated heterocycles. The number of ether oxygens (including phenoxy) is 2. The van der Waals surface area contributed by atoms with Crippen LogP contribution in [0.4, 0.5) is 5.69 Å². The Morgan fingerprint density at radius 1 is 1.03 bits per heavy atom. The van der Waals surface area contributed by atoms with Gasteiger partial charge >= 0.3 is 0 Å². The SMILES string of the molecule is CC[C@@H](C)NC(=O)[C@H](C)N(Cc1ccc(Br)cc1)C(=O)CN(c1ccc2c(c1)OCCO2)S(=O)(=O)CC. The minimum Gasteiger partial charge on any atom is -0.486 e. The Labute approximate surface area is 227 Å². The normalized spacial score (nSPS) is 14.4. The molecule has 9 nitrogen and oxygen atoms in total. The second kappa shape index (κ2) is 12.6. The van der Waals surface area contributed by atoms with Crippen molar-refractivity contribution in [2.24, 2.45) is 0 Å². The van der Waals surface area contributed by atoms with E-state index in [1.165, 1.54) is 11.8 Å². The van der Waals surface area contributed by atoms with Crippen LogP contribution in [0.1, 0.15) is 39.7 Å². The molecule has 0 bridgehead atoms. The van der Waals surface area contributed by atoms with Crippen LogP contribution >= 0.6 is 15.9 Å². The van der Waals surface area contributed by atoms with Gasteiger partial charge < -0.3 is 19.7 Å². The number of halogens is 1. The van der Waals surface area contributed by atoms with Crippen molar-refractivity contribution in [3.8, 4) is 11.5 Å². The molecule has 0 aliphatic carbocycles. The van der Waals surface area contributed by atoms with E-state index in [0.29, 0.717) is 30.4 Å². The zero-order valence-corrected chi connectivity index (χ0v) is 24.0. The van der Waals surface area contributed by atoms with Crippen LogP contribution in [0, 0.1) is 0 Å². The molecule has 0 fully saturated rings. The summed E-state index contributed by atoms with van der Waals surface area (Å²) in [5.74, 6) is -0.0700. The lowest BCUT2D eigenvalue weighted by molar-refractivity contribution is -0.139. The summed E-state index contributed by atoms with van der Waals surface area (Å²) in [7, 11) is -3.83. The van der Waals surface area contributed by atoms with Gasteiger partial charge in [-0.15, -0.1) is 0 Å². The quantitative estimate of drug-likeness (QED) is 0.424. The number of fused-ring (bicyclic) bond motifs is 1. The van der Waals surface area contributed by atoms with Crippen LogP contribution in [0.3, 0.4) is 0 Å². The van der Waals surface area contributed by atoms with Gasteiger partial charge in [-0.2, -0.15) is 0 Å². The van der Waals surface area contributed by atoms with E-state index in [1.807, 2.05) is 38.1 Å². The van der Waals surface area contributed by atoms with Gasteiger partial charge in [0.1, 0.15) is 25.8 Å². The van der Waals surface area contributed by atoms with Crippen LogP contribution in [-0.4, -0.2) is 62.7 Å². The lowest BCUT2D eigenvalue weighted by atomic mass is 10.1. The Balaban J connectivity index is 1.94. The first-order valence-corrected chi connectivity index (χ1v) is 14.7. The molecule has 2 atom stereocenters. The van der Waals surface area contributed by atoms with Crippen molar-refractivity contribution in [1.29, 1.82) is 0 Å². The van der Waals surface area contributed by atoms with E-state index < -0.39 is 28.5 Å². The average Bonchev–Trinajstić information content (AvgIpc) is 2.90. The first-order valence-electron chi connectivity index (χ1n) is 12.3. The van der Waals surface area contributed by atoms with Gasteiger partial charge in [0.15, 0.2) is 11.5 Å². The third kappa shape index (κ3) is 7.38. The van der Waals surface area contributed by atoms with Gasteiger partial charge in [-0.05, 0) is 57.0 Å². The molecular weight excluding hydrogens is 562 g/mol. The van der Waals surface area contributed by atoms with Crippen molar-refractivity contribution in [2.75, 3.05) is 29.8 Å². The van der Waals surface area contributed by atoms with Crippen molar-refractivity contribution >= 4 is 43.5 Å². The first kappa shape index (κ1) is 28.8. The monoisotopic (exact) mass is 595 g/mol. The number of sulfonamides is 1. The Hall–Kier alpha value is -2.79. The zero-order chi connectivity index (χ0) is 27.2. The van der Waals surface area contributed by atoms with E-state index in [1.54, 1.807) is 25.1 Å². The van der Waals surface area contributed by atoms with Gasteiger partial charge in [0.25, 0.3) is 0 Å². The van der Waals surface area contributed by atoms with Gasteiger partial charge in [-0.25, -0.2) is 8.42 Å². The van der Waals surface area contributed by atoms with E-state index in [2.05, 4.69) is 21.2 Å². The average molecular weight is 597 g/mol. The maximum Gasteiger partial charge on any atom is 0.244 e. The standard InChI is InChI=1S/C26H34BrN3O6S/c1-5-18(3)28-26(32)19(4)29(16-20-7-9-21(27)10-8-20)25(31)17-30(37(33,34)6-2)22-11-12-23-24(15-22)36-14-13-35-23/h7-12,15,18-19H,5-6,13-14,16-17H2,1-4H3,(H,28,32)/t18-,19+/m1/s1. The molecular formula is C26H34BrN3O6S. The zero-order valence-electron chi connectivity index (χ0n) is 21.6. The molecule has 3 rings (SSSR count). The van der Waals surface area contributed by atoms with Crippen LogP contribution in [0.5, 0.6) is 11.5 Å². The Morgan fingerprint density at radius 3 is 2.30 bits per heavy atom. The third-order valence-corrected chi connectivity index (χ3v) is 8.50. The van der Waals surface area contributed by atoms with Gasteiger partial charge in [-0.3, -0.25) is 13.9 Å². The molecule has 1 aliphatic rings. The Morgan fingerprint density at radius 2 is 1.68 bits per heavy atom. The molecule has 202 valence electrons. The number of rotatable bonds is 11. The minimum atomic E-state index is -3.83. The third-order valence-electron chi connectivity index (χ3n) is 6.23. The summed E-state index contributed by atoms with van der Waals surface area (Å²) in [4.78, 5) is 28.1. The number of benzene rings is 2. The number of nitrogens with zero attached hydrogens (tertiary/aromatic N) is 2. The molecule has 2 amide bonds. The molecule has 0 aromatic heterocycles. The van der Waals surface area contributed by atoms with Crippen LogP contribution in [0.25, 0.3) is 0 Å². The summed E-state index contributed by atoms with van der Waals surface area (Å²) >= 11 is 3.41. The summed E-state index contributed by atoms with van der Waals surface area (Å²) in [6, 6.07) is 11.3. The van der Waals surface area contributed by atoms with Crippen molar-refractivity contribution in [1.82, 2.24) is 10.2 Å². The molecule has 0 spiro atoms. The summed E-state index contributed by atoms with van der Waals surface area (Å²) in [6.45, 7) is 7.45. The van der Waals surface area contributed by atoms with E-state index >= 15 is 0 Å². The highest BCUT2D eigenvalue weighted by Gasteiger charge is 2.32. The topological polar surface area (TPSA) is 105 Å². The predicted octanol–water partition coefficient (Wildman–Crippen LogP) is 3.71. The lowest BCUT2D eigenvalue weighted by Crippen LogP contribution is -2.52. The smallest absolute Gasteiger partial charge is 0.244 e. The fraction of sp³-hybridized carbons (Fsp3) is 0.462. The van der Waals surface area contributed by atoms with E-state index in [0.717, 1.165) is 20.8 Å². The molecule has 0 saturated carbocycles. The Kier molecular flexibility index (Phi) is 9.83. The highest BCUT2D eigenvalue weighted by molar-refractivity contribution is 9.10. The molecule has 37 heavy (non-hydrogen) atoms. The molecule has 2 aromatic rings. The van der Waals surface area contributed by atoms with E-state index in [4.69, 9.17) is 9.47 Å². The number of anilines is 1. The molecule has 0 unspecified atom stereocenters. The second-order valence-electron chi connectivity index (χ2n) is 8.88. The lowest BCUT2D eigenvalue weighted by Gasteiger charge is -2.32. The number of carbonyl (C=O) groups excluding carboxylic acids is 2. The highest BCUT2D eigenvalue weighted by atomic mass is 79.9. The van der Waals surface area contributed by atoms with Crippen LogP contribution in [0.2, 0.25) is 0 Å². The number of amides is 2. The highest BCUT2D eigenvalue weighted by Crippen LogP contribution is 2.35. The molecule has 2 aromatic carbocycles. The van der Waals surface area contributed by atoms with Crippen LogP contribution in [0.15, 0.2) is 46.9 Å². The van der Waals surface area contributed by atoms with E-state index in [9.17, 15) is 18.0 Å². The maximum absolute atomic E-state index is 13.7. The molecule has 1 aliphatic heterocycles. The van der Waals surface area contributed by atoms with Gasteiger partial charge in [0, 0.05) is 23.1 Å². The van der Waals surface area contributed by atoms with Gasteiger partial charge in [-0.1, -0.05) is 35.0 Å². The van der Waals surface area contributed by atoms with Gasteiger partial charge in [0.05, 0.1) is 11.4 Å². The number of carbonyl (C=O) groups is 2. The van der Waals surface area contributed by atoms with Crippen LogP contribution < -0.4 is 19.1 Å². The largest absolute Gasteiger partial charge is 0.486 e. The predicted molar refractivity (Wildman–Crippen MR) is 146 cm³/mol. The Bertz CT molecular complexity index is 1210. The molecule has 11 heteroatoms. The summed E-state index contributed by atoms with van der Waals surface area (Å²) in [5, 5.41) is 2.92. The molecule has 1 N–H and O–H groups in total. The van der Waals surface area contributed by atoms with Crippen molar-refractivity contribution in [2.45, 2.75) is 52.7 Å². The summed E-state index contributed by atoms with van der Waals surface area (Å²) in [6.07, 6.45) is 0.742. The minimum absolute atomic E-state index is 0.0609. The van der Waals surface area contributed by atoms with Crippen molar-refractivity contribution < 1.29 is 27.5 Å². The molecule has 1 heterocycles. The molecule has 0 radical (unpaired) electrons. The summed E-state index contributed by atoms with van der Waals surface area (Å²) < 4.78 is 39.3. The van der Waals surface area contributed by atoms with E-state index in [-0.39, 0.29) is 24.2 Å². The summed E-state index contributed by atoms with van der Waals surface area (Å²) in [5.41, 5.74) is 1.10. The van der Waals surface area contributed by atoms with Crippen LogP contribution in [-0.2, 0) is 26.2 Å². The number of hydrogen-bond acceptors (Lipinski definition) is 6. The van der Waals surface area contributed by atoms with Crippen molar-refractivity contribution in [3.05, 3.63) is 52.5 Å².